The van der Waals surface area contributed by atoms with Gasteiger partial charge in [-0.05, 0) is 30.2 Å². The number of aliphatic carboxylic acids is 2. The van der Waals surface area contributed by atoms with Crippen molar-refractivity contribution in [1.82, 2.24) is 16.0 Å². The number of carbonyl (C=O) groups excluding carboxylic acids is 3. The van der Waals surface area contributed by atoms with Crippen molar-refractivity contribution in [3.8, 4) is 5.75 Å². The van der Waals surface area contributed by atoms with E-state index in [-0.39, 0.29) is 18.6 Å². The maximum absolute atomic E-state index is 13.3. The SMILES string of the molecule is CC(N)C(=O)NC(Cc1ccc(O)cc1)C(=O)NC(Cc1ccccc1)C(=O)NC(CC(=O)O)C(=O)O. The van der Waals surface area contributed by atoms with Gasteiger partial charge in [0.2, 0.25) is 17.7 Å². The average molecular weight is 515 g/mol. The van der Waals surface area contributed by atoms with E-state index in [1.165, 1.54) is 19.1 Å². The Balaban J connectivity index is 2.30. The Hall–Kier alpha value is -4.45. The molecule has 0 aromatic heterocycles. The van der Waals surface area contributed by atoms with Crippen molar-refractivity contribution >= 4 is 29.7 Å². The van der Waals surface area contributed by atoms with Crippen molar-refractivity contribution < 1.29 is 39.3 Å². The lowest BCUT2D eigenvalue weighted by molar-refractivity contribution is -0.147. The van der Waals surface area contributed by atoms with Crippen molar-refractivity contribution in [3.63, 3.8) is 0 Å². The third kappa shape index (κ3) is 9.61. The molecule has 0 aliphatic heterocycles. The second-order valence-corrected chi connectivity index (χ2v) is 8.47. The van der Waals surface area contributed by atoms with Gasteiger partial charge in [0.15, 0.2) is 0 Å². The van der Waals surface area contributed by atoms with E-state index < -0.39 is 60.2 Å². The largest absolute Gasteiger partial charge is 0.508 e. The molecule has 0 bridgehead atoms. The van der Waals surface area contributed by atoms with Gasteiger partial charge in [-0.1, -0.05) is 42.5 Å². The number of carboxylic acids is 2. The molecule has 4 unspecified atom stereocenters. The van der Waals surface area contributed by atoms with Gasteiger partial charge in [0, 0.05) is 12.8 Å². The summed E-state index contributed by atoms with van der Waals surface area (Å²) in [5.41, 5.74) is 6.87. The molecular formula is C25H30N4O8. The summed E-state index contributed by atoms with van der Waals surface area (Å²) in [4.78, 5) is 61.0. The second-order valence-electron chi connectivity index (χ2n) is 8.47. The molecule has 0 aliphatic carbocycles. The summed E-state index contributed by atoms with van der Waals surface area (Å²) in [6.45, 7) is 1.44. The molecule has 8 N–H and O–H groups in total. The number of carbonyl (C=O) groups is 5. The Labute approximate surface area is 212 Å². The highest BCUT2D eigenvalue weighted by molar-refractivity contribution is 5.94. The number of phenols is 1. The van der Waals surface area contributed by atoms with Crippen LogP contribution in [-0.4, -0.2) is 69.1 Å². The number of nitrogens with one attached hydrogen (secondary N) is 3. The number of hydrogen-bond acceptors (Lipinski definition) is 7. The molecule has 4 atom stereocenters. The number of nitrogens with two attached hydrogens (primary N) is 1. The van der Waals surface area contributed by atoms with Gasteiger partial charge in [-0.25, -0.2) is 4.79 Å². The van der Waals surface area contributed by atoms with Gasteiger partial charge < -0.3 is 37.0 Å². The van der Waals surface area contributed by atoms with E-state index >= 15 is 0 Å². The van der Waals surface area contributed by atoms with E-state index in [2.05, 4.69) is 16.0 Å². The van der Waals surface area contributed by atoms with E-state index in [0.29, 0.717) is 11.1 Å². The molecule has 0 spiro atoms. The molecule has 3 amide bonds. The Kier molecular flexibility index (Phi) is 10.6. The third-order valence-electron chi connectivity index (χ3n) is 5.33. The van der Waals surface area contributed by atoms with E-state index in [4.69, 9.17) is 10.8 Å². The van der Waals surface area contributed by atoms with Crippen molar-refractivity contribution in [2.24, 2.45) is 5.73 Å². The normalized spacial score (nSPS) is 13.9. The van der Waals surface area contributed by atoms with Gasteiger partial charge >= 0.3 is 11.9 Å². The van der Waals surface area contributed by atoms with Crippen LogP contribution in [-0.2, 0) is 36.8 Å². The molecule has 0 fully saturated rings. The maximum Gasteiger partial charge on any atom is 0.326 e. The standard InChI is InChI=1S/C25H30N4O8/c1-14(26)22(33)27-18(12-16-7-9-17(30)10-8-16)23(34)28-19(11-15-5-3-2-4-6-15)24(35)29-20(25(36)37)13-21(31)32/h2-10,14,18-20,30H,11-13,26H2,1H3,(H,27,33)(H,28,34)(H,29,35)(H,31,32)(H,36,37). The summed E-state index contributed by atoms with van der Waals surface area (Å²) in [6.07, 6.45) is -0.896. The van der Waals surface area contributed by atoms with Crippen molar-refractivity contribution in [2.45, 2.75) is 50.4 Å². The highest BCUT2D eigenvalue weighted by Crippen LogP contribution is 2.12. The van der Waals surface area contributed by atoms with Crippen LogP contribution in [0, 0.1) is 0 Å². The molecule has 0 heterocycles. The van der Waals surface area contributed by atoms with Gasteiger partial charge in [-0.2, -0.15) is 0 Å². The summed E-state index contributed by atoms with van der Waals surface area (Å²) in [5.74, 6) is -5.23. The van der Waals surface area contributed by atoms with Crippen LogP contribution in [0.2, 0.25) is 0 Å². The van der Waals surface area contributed by atoms with E-state index in [0.717, 1.165) is 0 Å². The molecule has 0 aliphatic rings. The summed E-state index contributed by atoms with van der Waals surface area (Å²) in [5, 5.41) is 35.0. The Bertz CT molecular complexity index is 1110. The predicted molar refractivity (Wildman–Crippen MR) is 131 cm³/mol. The highest BCUT2D eigenvalue weighted by atomic mass is 16.4. The number of phenolic OH excluding ortho intramolecular Hbond substituents is 1. The van der Waals surface area contributed by atoms with Crippen molar-refractivity contribution in [1.29, 1.82) is 0 Å². The van der Waals surface area contributed by atoms with E-state index in [1.807, 2.05) is 0 Å². The summed E-state index contributed by atoms with van der Waals surface area (Å²) in [6, 6.07) is 9.43. The van der Waals surface area contributed by atoms with Crippen LogP contribution in [0.15, 0.2) is 54.6 Å². The lowest BCUT2D eigenvalue weighted by Crippen LogP contribution is -2.58. The number of aromatic hydroxyl groups is 1. The van der Waals surface area contributed by atoms with Gasteiger partial charge in [0.05, 0.1) is 12.5 Å². The van der Waals surface area contributed by atoms with Crippen LogP contribution in [0.5, 0.6) is 5.75 Å². The molecule has 0 radical (unpaired) electrons. The molecule has 0 saturated heterocycles. The van der Waals surface area contributed by atoms with E-state index in [9.17, 15) is 34.2 Å². The number of carboxylic acid groups (broad SMARTS) is 2. The van der Waals surface area contributed by atoms with Crippen LogP contribution >= 0.6 is 0 Å². The van der Waals surface area contributed by atoms with Crippen LogP contribution in [0.4, 0.5) is 0 Å². The fourth-order valence-electron chi connectivity index (χ4n) is 3.36. The smallest absolute Gasteiger partial charge is 0.326 e. The zero-order valence-corrected chi connectivity index (χ0v) is 20.1. The molecule has 12 heteroatoms. The minimum Gasteiger partial charge on any atom is -0.508 e. The fourth-order valence-corrected chi connectivity index (χ4v) is 3.36. The number of amides is 3. The topological polar surface area (TPSA) is 208 Å². The molecule has 37 heavy (non-hydrogen) atoms. The summed E-state index contributed by atoms with van der Waals surface area (Å²) in [7, 11) is 0. The Morgan fingerprint density at radius 2 is 1.19 bits per heavy atom. The van der Waals surface area contributed by atoms with Gasteiger partial charge in [0.1, 0.15) is 23.9 Å². The Morgan fingerprint density at radius 3 is 1.65 bits per heavy atom. The van der Waals surface area contributed by atoms with E-state index in [1.54, 1.807) is 42.5 Å². The number of benzene rings is 2. The monoisotopic (exact) mass is 514 g/mol. The van der Waals surface area contributed by atoms with Crippen molar-refractivity contribution in [2.75, 3.05) is 0 Å². The zero-order chi connectivity index (χ0) is 27.5. The van der Waals surface area contributed by atoms with Gasteiger partial charge in [-0.15, -0.1) is 0 Å². The molecule has 2 rings (SSSR count). The second kappa shape index (κ2) is 13.6. The first-order chi connectivity index (χ1) is 17.5. The lowest BCUT2D eigenvalue weighted by Gasteiger charge is -2.25. The quantitative estimate of drug-likeness (QED) is 0.184. The summed E-state index contributed by atoms with van der Waals surface area (Å²) >= 11 is 0. The molecule has 198 valence electrons. The van der Waals surface area contributed by atoms with Crippen LogP contribution in [0.3, 0.4) is 0 Å². The minimum absolute atomic E-state index is 0.00101. The lowest BCUT2D eigenvalue weighted by atomic mass is 10.0. The van der Waals surface area contributed by atoms with Crippen LogP contribution in [0.25, 0.3) is 0 Å². The third-order valence-corrected chi connectivity index (χ3v) is 5.33. The maximum atomic E-state index is 13.3. The van der Waals surface area contributed by atoms with Gasteiger partial charge in [0.25, 0.3) is 0 Å². The Morgan fingerprint density at radius 1 is 0.730 bits per heavy atom. The highest BCUT2D eigenvalue weighted by Gasteiger charge is 2.31. The first-order valence-electron chi connectivity index (χ1n) is 11.4. The number of rotatable bonds is 13. The average Bonchev–Trinajstić information content (AvgIpc) is 2.84. The predicted octanol–water partition coefficient (Wildman–Crippen LogP) is -0.462. The first-order valence-corrected chi connectivity index (χ1v) is 11.4. The molecule has 12 nitrogen and oxygen atoms in total. The van der Waals surface area contributed by atoms with Crippen LogP contribution in [0.1, 0.15) is 24.5 Å². The van der Waals surface area contributed by atoms with Gasteiger partial charge in [-0.3, -0.25) is 19.2 Å². The minimum atomic E-state index is -1.72. The molecule has 2 aromatic carbocycles. The first kappa shape index (κ1) is 28.8. The molecular weight excluding hydrogens is 484 g/mol. The van der Waals surface area contributed by atoms with Crippen molar-refractivity contribution in [3.05, 3.63) is 65.7 Å². The molecule has 0 saturated carbocycles. The number of hydrogen-bond donors (Lipinski definition) is 7. The fraction of sp³-hybridized carbons (Fsp3) is 0.320. The summed E-state index contributed by atoms with van der Waals surface area (Å²) < 4.78 is 0. The zero-order valence-electron chi connectivity index (χ0n) is 20.1. The molecule has 2 aromatic rings. The van der Waals surface area contributed by atoms with Crippen LogP contribution < -0.4 is 21.7 Å².